The second kappa shape index (κ2) is 6.79. The third kappa shape index (κ3) is 3.14. The van der Waals surface area contributed by atoms with Crippen molar-refractivity contribution in [3.05, 3.63) is 36.5 Å². The summed E-state index contributed by atoms with van der Waals surface area (Å²) in [6.45, 7) is 1.99. The van der Waals surface area contributed by atoms with Crippen molar-refractivity contribution in [2.45, 2.75) is 19.1 Å². The summed E-state index contributed by atoms with van der Waals surface area (Å²) in [7, 11) is 1.57. The number of carbonyl (C=O) groups is 2. The standard InChI is InChI=1S/C19H19N3O5/c1-11(23)20-9-17-15-10-26-16-7-12(13-4-6-18(25-2)21-8-13)3-5-14(16)22(15)19(24)27-17/h3-8,15,17H,9-10H2,1-2H3,(H,20,23)/t15-,17-/m0/s1. The van der Waals surface area contributed by atoms with Crippen LogP contribution >= 0.6 is 0 Å². The Morgan fingerprint density at radius 3 is 2.85 bits per heavy atom. The zero-order chi connectivity index (χ0) is 19.0. The lowest BCUT2D eigenvalue weighted by molar-refractivity contribution is -0.119. The van der Waals surface area contributed by atoms with E-state index in [2.05, 4.69) is 10.3 Å². The molecule has 27 heavy (non-hydrogen) atoms. The van der Waals surface area contributed by atoms with Crippen molar-refractivity contribution in [2.24, 2.45) is 0 Å². The highest BCUT2D eigenvalue weighted by atomic mass is 16.6. The lowest BCUT2D eigenvalue weighted by atomic mass is 10.0. The maximum Gasteiger partial charge on any atom is 0.415 e. The van der Waals surface area contributed by atoms with E-state index in [9.17, 15) is 9.59 Å². The number of hydrogen-bond acceptors (Lipinski definition) is 6. The van der Waals surface area contributed by atoms with Gasteiger partial charge in [0.2, 0.25) is 11.8 Å². The molecule has 1 aromatic carbocycles. The number of ether oxygens (including phenoxy) is 3. The van der Waals surface area contributed by atoms with Gasteiger partial charge in [0, 0.05) is 24.8 Å². The molecule has 0 saturated carbocycles. The summed E-state index contributed by atoms with van der Waals surface area (Å²) in [5.41, 5.74) is 2.49. The minimum atomic E-state index is -0.444. The van der Waals surface area contributed by atoms with Crippen molar-refractivity contribution >= 4 is 17.7 Å². The van der Waals surface area contributed by atoms with E-state index in [1.54, 1.807) is 24.3 Å². The van der Waals surface area contributed by atoms with Gasteiger partial charge in [0.05, 0.1) is 19.3 Å². The van der Waals surface area contributed by atoms with Gasteiger partial charge in [0.15, 0.2) is 0 Å². The molecule has 2 aromatic rings. The SMILES string of the molecule is COc1ccc(-c2ccc3c(c2)OC[C@H]2[C@H](CNC(C)=O)OC(=O)N32)cn1. The number of nitrogens with one attached hydrogen (secondary N) is 1. The summed E-state index contributed by atoms with van der Waals surface area (Å²) in [6.07, 6.45) is 0.846. The van der Waals surface area contributed by atoms with Crippen LogP contribution in [0.1, 0.15) is 6.92 Å². The molecule has 1 fully saturated rings. The Kier molecular flexibility index (Phi) is 4.31. The van der Waals surface area contributed by atoms with Crippen LogP contribution < -0.4 is 19.7 Å². The Hall–Kier alpha value is -3.29. The highest BCUT2D eigenvalue weighted by Crippen LogP contribution is 2.40. The molecule has 2 atom stereocenters. The van der Waals surface area contributed by atoms with Gasteiger partial charge in [-0.05, 0) is 23.8 Å². The third-order valence-corrected chi connectivity index (χ3v) is 4.67. The smallest absolute Gasteiger partial charge is 0.415 e. The maximum atomic E-state index is 12.4. The normalized spacial score (nSPS) is 20.2. The van der Waals surface area contributed by atoms with E-state index in [-0.39, 0.29) is 18.5 Å². The molecule has 4 rings (SSSR count). The van der Waals surface area contributed by atoms with Gasteiger partial charge in [0.1, 0.15) is 24.5 Å². The molecule has 2 amide bonds. The second-order valence-corrected chi connectivity index (χ2v) is 6.38. The fraction of sp³-hybridized carbons (Fsp3) is 0.316. The molecule has 8 heteroatoms. The molecular weight excluding hydrogens is 350 g/mol. The number of carbonyl (C=O) groups excluding carboxylic acids is 2. The first kappa shape index (κ1) is 17.1. The molecule has 8 nitrogen and oxygen atoms in total. The molecular formula is C19H19N3O5. The number of amides is 2. The summed E-state index contributed by atoms with van der Waals surface area (Å²) >= 11 is 0. The second-order valence-electron chi connectivity index (χ2n) is 6.38. The predicted molar refractivity (Wildman–Crippen MR) is 96.9 cm³/mol. The van der Waals surface area contributed by atoms with Gasteiger partial charge in [-0.15, -0.1) is 0 Å². The van der Waals surface area contributed by atoms with Crippen LogP contribution in [0, 0.1) is 0 Å². The first-order valence-corrected chi connectivity index (χ1v) is 8.58. The van der Waals surface area contributed by atoms with Crippen LogP contribution in [-0.2, 0) is 9.53 Å². The third-order valence-electron chi connectivity index (χ3n) is 4.67. The topological polar surface area (TPSA) is 90.0 Å². The highest BCUT2D eigenvalue weighted by molar-refractivity contribution is 5.94. The van der Waals surface area contributed by atoms with Crippen molar-refractivity contribution in [3.8, 4) is 22.8 Å². The Labute approximate surface area is 156 Å². The fourth-order valence-electron chi connectivity index (χ4n) is 3.30. The molecule has 0 bridgehead atoms. The molecule has 1 N–H and O–H groups in total. The van der Waals surface area contributed by atoms with Gasteiger partial charge < -0.3 is 19.5 Å². The van der Waals surface area contributed by atoms with Crippen LogP contribution in [-0.4, -0.2) is 49.4 Å². The molecule has 2 aliphatic rings. The summed E-state index contributed by atoms with van der Waals surface area (Å²) < 4.78 is 16.4. The van der Waals surface area contributed by atoms with Crippen LogP contribution in [0.4, 0.5) is 10.5 Å². The van der Waals surface area contributed by atoms with Crippen LogP contribution in [0.15, 0.2) is 36.5 Å². The van der Waals surface area contributed by atoms with Crippen molar-refractivity contribution in [2.75, 3.05) is 25.2 Å². The highest BCUT2D eigenvalue weighted by Gasteiger charge is 2.46. The largest absolute Gasteiger partial charge is 0.489 e. The van der Waals surface area contributed by atoms with Crippen LogP contribution in [0.3, 0.4) is 0 Å². The van der Waals surface area contributed by atoms with Crippen molar-refractivity contribution in [1.82, 2.24) is 10.3 Å². The quantitative estimate of drug-likeness (QED) is 0.886. The Morgan fingerprint density at radius 1 is 1.33 bits per heavy atom. The van der Waals surface area contributed by atoms with Gasteiger partial charge in [-0.25, -0.2) is 9.78 Å². The van der Waals surface area contributed by atoms with Gasteiger partial charge in [-0.3, -0.25) is 9.69 Å². The number of rotatable bonds is 4. The predicted octanol–water partition coefficient (Wildman–Crippen LogP) is 1.98. The summed E-state index contributed by atoms with van der Waals surface area (Å²) in [5.74, 6) is 0.983. The first-order chi connectivity index (χ1) is 13.1. The number of anilines is 1. The number of nitrogens with zero attached hydrogens (tertiary/aromatic N) is 2. The van der Waals surface area contributed by atoms with E-state index in [1.807, 2.05) is 24.3 Å². The summed E-state index contributed by atoms with van der Waals surface area (Å²) in [5, 5.41) is 2.69. The first-order valence-electron chi connectivity index (χ1n) is 8.58. The minimum Gasteiger partial charge on any atom is -0.489 e. The molecule has 140 valence electrons. The average Bonchev–Trinajstić information content (AvgIpc) is 3.02. The molecule has 3 heterocycles. The summed E-state index contributed by atoms with van der Waals surface area (Å²) in [6, 6.07) is 9.04. The number of aromatic nitrogens is 1. The molecule has 2 aliphatic heterocycles. The lowest BCUT2D eigenvalue weighted by Gasteiger charge is -2.31. The molecule has 0 radical (unpaired) electrons. The molecule has 1 saturated heterocycles. The monoisotopic (exact) mass is 369 g/mol. The lowest BCUT2D eigenvalue weighted by Crippen LogP contribution is -2.47. The van der Waals surface area contributed by atoms with Gasteiger partial charge in [-0.2, -0.15) is 0 Å². The Balaban J connectivity index is 1.59. The van der Waals surface area contributed by atoms with Crippen molar-refractivity contribution in [3.63, 3.8) is 0 Å². The van der Waals surface area contributed by atoms with Crippen molar-refractivity contribution in [1.29, 1.82) is 0 Å². The van der Waals surface area contributed by atoms with Gasteiger partial charge >= 0.3 is 6.09 Å². The summed E-state index contributed by atoms with van der Waals surface area (Å²) in [4.78, 5) is 29.3. The van der Waals surface area contributed by atoms with E-state index in [4.69, 9.17) is 14.2 Å². The van der Waals surface area contributed by atoms with Gasteiger partial charge in [-0.1, -0.05) is 6.07 Å². The number of pyridine rings is 1. The molecule has 0 unspecified atom stereocenters. The van der Waals surface area contributed by atoms with Crippen LogP contribution in [0.2, 0.25) is 0 Å². The van der Waals surface area contributed by atoms with E-state index < -0.39 is 12.2 Å². The Bertz CT molecular complexity index is 883. The van der Waals surface area contributed by atoms with E-state index >= 15 is 0 Å². The number of benzene rings is 1. The number of hydrogen-bond donors (Lipinski definition) is 1. The van der Waals surface area contributed by atoms with E-state index in [0.29, 0.717) is 23.9 Å². The molecule has 1 aromatic heterocycles. The zero-order valence-corrected chi connectivity index (χ0v) is 15.0. The van der Waals surface area contributed by atoms with E-state index in [0.717, 1.165) is 11.1 Å². The van der Waals surface area contributed by atoms with Gasteiger partial charge in [0.25, 0.3) is 0 Å². The average molecular weight is 369 g/mol. The van der Waals surface area contributed by atoms with Crippen LogP contribution in [0.25, 0.3) is 11.1 Å². The van der Waals surface area contributed by atoms with Crippen molar-refractivity contribution < 1.29 is 23.8 Å². The zero-order valence-electron chi connectivity index (χ0n) is 15.0. The van der Waals surface area contributed by atoms with E-state index in [1.165, 1.54) is 6.92 Å². The number of fused-ring (bicyclic) bond motifs is 3. The number of cyclic esters (lactones) is 1. The minimum absolute atomic E-state index is 0.167. The fourth-order valence-corrected chi connectivity index (χ4v) is 3.30. The maximum absolute atomic E-state index is 12.4. The molecule has 0 spiro atoms. The molecule has 0 aliphatic carbocycles. The number of methoxy groups -OCH3 is 1. The Morgan fingerprint density at radius 2 is 2.15 bits per heavy atom. The van der Waals surface area contributed by atoms with Crippen LogP contribution in [0.5, 0.6) is 11.6 Å².